The van der Waals surface area contributed by atoms with Crippen LogP contribution in [-0.2, 0) is 38.1 Å². The third kappa shape index (κ3) is 5.78. The number of aliphatic hydroxyl groups is 1. The van der Waals surface area contributed by atoms with Gasteiger partial charge in [-0.15, -0.1) is 0 Å². The van der Waals surface area contributed by atoms with Crippen LogP contribution >= 0.6 is 0 Å². The van der Waals surface area contributed by atoms with Gasteiger partial charge in [0.15, 0.2) is 18.5 Å². The van der Waals surface area contributed by atoms with Crippen molar-refractivity contribution in [3.8, 4) is 0 Å². The second kappa shape index (κ2) is 8.60. The third-order valence-electron chi connectivity index (χ3n) is 3.09. The summed E-state index contributed by atoms with van der Waals surface area (Å²) in [6.45, 7) is 4.29. The maximum Gasteiger partial charge on any atom is 0.303 e. The molecule has 1 fully saturated rings. The van der Waals surface area contributed by atoms with E-state index in [0.29, 0.717) is 0 Å². The van der Waals surface area contributed by atoms with Crippen molar-refractivity contribution in [1.82, 2.24) is 5.32 Å². The molecule has 1 aliphatic heterocycles. The second-order valence-electron chi connectivity index (χ2n) is 5.24. The van der Waals surface area contributed by atoms with E-state index < -0.39 is 54.5 Å². The molecule has 1 saturated heterocycles. The third-order valence-corrected chi connectivity index (χ3v) is 3.09. The molecule has 1 unspecified atom stereocenters. The van der Waals surface area contributed by atoms with Crippen LogP contribution in [0.4, 0.5) is 0 Å². The molecule has 1 rings (SSSR count). The molecule has 10 nitrogen and oxygen atoms in total. The molecule has 0 radical (unpaired) electrons. The lowest BCUT2D eigenvalue weighted by atomic mass is 10.0. The van der Waals surface area contributed by atoms with Crippen LogP contribution in [-0.4, -0.2) is 66.2 Å². The Kier molecular flexibility index (Phi) is 7.11. The largest absolute Gasteiger partial charge is 0.462 e. The summed E-state index contributed by atoms with van der Waals surface area (Å²) in [5.74, 6) is -2.47. The highest BCUT2D eigenvalue weighted by Gasteiger charge is 2.51. The molecule has 0 aromatic heterocycles. The Balaban J connectivity index is 3.03. The van der Waals surface area contributed by atoms with Crippen LogP contribution in [0.2, 0.25) is 0 Å². The first-order valence-electron chi connectivity index (χ1n) is 7.20. The molecule has 24 heavy (non-hydrogen) atoms. The average molecular weight is 347 g/mol. The minimum atomic E-state index is -1.50. The fraction of sp³-hybridized carbons (Fsp3) is 0.714. The Hall–Kier alpha value is -2.20. The Morgan fingerprint density at radius 3 is 2.17 bits per heavy atom. The highest BCUT2D eigenvalue weighted by Crippen LogP contribution is 2.27. The number of hydrogen-bond acceptors (Lipinski definition) is 9. The molecule has 136 valence electrons. The Morgan fingerprint density at radius 1 is 1.08 bits per heavy atom. The van der Waals surface area contributed by atoms with Crippen molar-refractivity contribution in [3.05, 3.63) is 0 Å². The van der Waals surface area contributed by atoms with E-state index in [-0.39, 0.29) is 6.61 Å². The van der Waals surface area contributed by atoms with Gasteiger partial charge >= 0.3 is 17.9 Å². The van der Waals surface area contributed by atoms with Crippen LogP contribution in [0.5, 0.6) is 0 Å². The zero-order chi connectivity index (χ0) is 18.4. The zero-order valence-electron chi connectivity index (χ0n) is 13.8. The van der Waals surface area contributed by atoms with Crippen LogP contribution < -0.4 is 5.32 Å². The van der Waals surface area contributed by atoms with Crippen LogP contribution in [0.3, 0.4) is 0 Å². The molecule has 5 atom stereocenters. The lowest BCUT2D eigenvalue weighted by Gasteiger charge is -2.27. The molecule has 0 aromatic rings. The van der Waals surface area contributed by atoms with Crippen LogP contribution in [0.1, 0.15) is 27.7 Å². The van der Waals surface area contributed by atoms with E-state index in [2.05, 4.69) is 5.32 Å². The van der Waals surface area contributed by atoms with Crippen molar-refractivity contribution in [2.75, 3.05) is 6.61 Å². The molecule has 0 aromatic carbocycles. The summed E-state index contributed by atoms with van der Waals surface area (Å²) < 4.78 is 20.2. The number of nitrogens with one attached hydrogen (secondary N) is 1. The van der Waals surface area contributed by atoms with E-state index in [9.17, 15) is 24.3 Å². The number of carbonyl (C=O) groups excluding carboxylic acids is 4. The van der Waals surface area contributed by atoms with E-state index in [1.807, 2.05) is 0 Å². The van der Waals surface area contributed by atoms with Crippen molar-refractivity contribution in [2.24, 2.45) is 0 Å². The number of esters is 3. The number of rotatable bonds is 6. The SMILES string of the molecule is CC(=O)N[C@@H]1C(O)O[C@H]([C@@H](COC(C)=O)OC(C)=O)[C@@H]1OC(C)=O. The van der Waals surface area contributed by atoms with E-state index in [4.69, 9.17) is 18.9 Å². The molecular weight excluding hydrogens is 326 g/mol. The van der Waals surface area contributed by atoms with Gasteiger partial charge in [0.2, 0.25) is 5.91 Å². The summed E-state index contributed by atoms with van der Waals surface area (Å²) in [6, 6.07) is -1.06. The highest BCUT2D eigenvalue weighted by atomic mass is 16.7. The first kappa shape index (κ1) is 19.8. The van der Waals surface area contributed by atoms with E-state index >= 15 is 0 Å². The van der Waals surface area contributed by atoms with Crippen molar-refractivity contribution < 1.29 is 43.2 Å². The molecule has 0 spiro atoms. The highest BCUT2D eigenvalue weighted by molar-refractivity contribution is 5.73. The fourth-order valence-electron chi connectivity index (χ4n) is 2.32. The summed E-state index contributed by atoms with van der Waals surface area (Å²) in [5.41, 5.74) is 0. The monoisotopic (exact) mass is 347 g/mol. The number of ether oxygens (including phenoxy) is 4. The summed E-state index contributed by atoms with van der Waals surface area (Å²) in [5, 5.41) is 12.4. The molecule has 0 aliphatic carbocycles. The number of carbonyl (C=O) groups is 4. The molecule has 0 bridgehead atoms. The standard InChI is InChI=1S/C14H21NO9/c1-6(16)15-11-13(23-9(4)19)12(24-14(11)20)10(22-8(3)18)5-21-7(2)17/h10-14,20H,5H2,1-4H3,(H,15,16)/t10-,11+,12-,13-,14?/m1/s1. The van der Waals surface area contributed by atoms with Crippen molar-refractivity contribution in [1.29, 1.82) is 0 Å². The van der Waals surface area contributed by atoms with Gasteiger partial charge in [0.05, 0.1) is 0 Å². The summed E-state index contributed by atoms with van der Waals surface area (Å²) in [4.78, 5) is 44.9. The number of aliphatic hydroxyl groups excluding tert-OH is 1. The molecule has 1 amide bonds. The van der Waals surface area contributed by atoms with Gasteiger partial charge in [-0.25, -0.2) is 0 Å². The summed E-state index contributed by atoms with van der Waals surface area (Å²) in [6.07, 6.45) is -4.91. The minimum Gasteiger partial charge on any atom is -0.462 e. The quantitative estimate of drug-likeness (QED) is 0.440. The lowest BCUT2D eigenvalue weighted by molar-refractivity contribution is -0.182. The summed E-state index contributed by atoms with van der Waals surface area (Å²) >= 11 is 0. The van der Waals surface area contributed by atoms with Crippen molar-refractivity contribution in [3.63, 3.8) is 0 Å². The molecule has 1 heterocycles. The van der Waals surface area contributed by atoms with E-state index in [1.54, 1.807) is 0 Å². The van der Waals surface area contributed by atoms with Crippen LogP contribution in [0, 0.1) is 0 Å². The molecule has 0 saturated carbocycles. The lowest BCUT2D eigenvalue weighted by Crippen LogP contribution is -2.51. The van der Waals surface area contributed by atoms with Crippen molar-refractivity contribution in [2.45, 2.75) is 58.3 Å². The molecular formula is C14H21NO9. The Bertz CT molecular complexity index is 506. The van der Waals surface area contributed by atoms with Gasteiger partial charge in [0.1, 0.15) is 18.8 Å². The molecule has 1 aliphatic rings. The predicted molar refractivity (Wildman–Crippen MR) is 76.2 cm³/mol. The van der Waals surface area contributed by atoms with Gasteiger partial charge in [0, 0.05) is 27.7 Å². The number of hydrogen-bond donors (Lipinski definition) is 2. The zero-order valence-corrected chi connectivity index (χ0v) is 13.8. The first-order chi connectivity index (χ1) is 11.1. The van der Waals surface area contributed by atoms with Gasteiger partial charge in [0.25, 0.3) is 0 Å². The van der Waals surface area contributed by atoms with Gasteiger partial charge < -0.3 is 29.4 Å². The average Bonchev–Trinajstić information content (AvgIpc) is 2.70. The minimum absolute atomic E-state index is 0.364. The first-order valence-corrected chi connectivity index (χ1v) is 7.20. The fourth-order valence-corrected chi connectivity index (χ4v) is 2.32. The van der Waals surface area contributed by atoms with Gasteiger partial charge in [-0.1, -0.05) is 0 Å². The molecule has 2 N–H and O–H groups in total. The van der Waals surface area contributed by atoms with Gasteiger partial charge in [-0.3, -0.25) is 19.2 Å². The second-order valence-corrected chi connectivity index (χ2v) is 5.24. The normalized spacial score (nSPS) is 27.0. The predicted octanol–water partition coefficient (Wildman–Crippen LogP) is -1.37. The smallest absolute Gasteiger partial charge is 0.303 e. The van der Waals surface area contributed by atoms with E-state index in [1.165, 1.54) is 13.8 Å². The Morgan fingerprint density at radius 2 is 1.71 bits per heavy atom. The maximum atomic E-state index is 11.3. The van der Waals surface area contributed by atoms with Gasteiger partial charge in [-0.05, 0) is 0 Å². The topological polar surface area (TPSA) is 137 Å². The number of amides is 1. The van der Waals surface area contributed by atoms with Crippen LogP contribution in [0.25, 0.3) is 0 Å². The summed E-state index contributed by atoms with van der Waals surface area (Å²) in [7, 11) is 0. The van der Waals surface area contributed by atoms with E-state index in [0.717, 1.165) is 13.8 Å². The van der Waals surface area contributed by atoms with Gasteiger partial charge in [-0.2, -0.15) is 0 Å². The molecule has 10 heteroatoms. The van der Waals surface area contributed by atoms with Crippen molar-refractivity contribution >= 4 is 23.8 Å². The van der Waals surface area contributed by atoms with Crippen LogP contribution in [0.15, 0.2) is 0 Å². The Labute approximate surface area is 138 Å². The maximum absolute atomic E-state index is 11.3.